The minimum atomic E-state index is -3.10. The van der Waals surface area contributed by atoms with Crippen LogP contribution < -0.4 is 10.6 Å². The van der Waals surface area contributed by atoms with Crippen molar-refractivity contribution in [3.05, 3.63) is 0 Å². The fraction of sp³-hybridized carbons (Fsp3) is 0.923. The van der Waals surface area contributed by atoms with Crippen molar-refractivity contribution < 1.29 is 13.2 Å². The van der Waals surface area contributed by atoms with Crippen LogP contribution in [0.25, 0.3) is 0 Å². The van der Waals surface area contributed by atoms with Crippen LogP contribution in [0.2, 0.25) is 0 Å². The van der Waals surface area contributed by atoms with Crippen molar-refractivity contribution in [2.45, 2.75) is 38.9 Å². The highest BCUT2D eigenvalue weighted by atomic mass is 127. The second kappa shape index (κ2) is 11.5. The first-order chi connectivity index (χ1) is 9.24. The van der Waals surface area contributed by atoms with E-state index in [1.54, 1.807) is 27.9 Å². The number of ether oxygens (including phenoxy) is 1. The Labute approximate surface area is 146 Å². The molecule has 0 rings (SSSR count). The van der Waals surface area contributed by atoms with Crippen LogP contribution in [-0.2, 0) is 14.6 Å². The van der Waals surface area contributed by atoms with E-state index in [4.69, 9.17) is 4.74 Å². The lowest BCUT2D eigenvalue weighted by Gasteiger charge is -2.19. The van der Waals surface area contributed by atoms with Crippen LogP contribution in [0.4, 0.5) is 0 Å². The van der Waals surface area contributed by atoms with E-state index in [0.29, 0.717) is 25.7 Å². The van der Waals surface area contributed by atoms with E-state index in [2.05, 4.69) is 15.6 Å². The zero-order valence-electron chi connectivity index (χ0n) is 13.7. The molecule has 0 spiro atoms. The van der Waals surface area contributed by atoms with Crippen LogP contribution in [0.1, 0.15) is 34.1 Å². The molecule has 0 saturated carbocycles. The molecule has 0 atom stereocenters. The van der Waals surface area contributed by atoms with Crippen molar-refractivity contribution in [2.24, 2.45) is 4.99 Å². The van der Waals surface area contributed by atoms with Crippen molar-refractivity contribution in [3.8, 4) is 0 Å². The molecule has 0 aliphatic heterocycles. The Kier molecular flexibility index (Phi) is 12.7. The predicted octanol–water partition coefficient (Wildman–Crippen LogP) is 1.41. The van der Waals surface area contributed by atoms with Gasteiger partial charge >= 0.3 is 0 Å². The molecule has 0 radical (unpaired) electrons. The first-order valence-corrected chi connectivity index (χ1v) is 8.63. The first-order valence-electron chi connectivity index (χ1n) is 6.98. The van der Waals surface area contributed by atoms with Gasteiger partial charge in [0.1, 0.15) is 0 Å². The third kappa shape index (κ3) is 10.3. The maximum atomic E-state index is 12.0. The zero-order chi connectivity index (χ0) is 15.6. The minimum absolute atomic E-state index is 0. The van der Waals surface area contributed by atoms with Crippen LogP contribution >= 0.6 is 24.0 Å². The Hall–Kier alpha value is -0.0900. The SMILES string of the molecule is CCNC(=NCCCOC)NCCS(=O)(=O)C(C)(C)C.I. The third-order valence-electron chi connectivity index (χ3n) is 2.72. The van der Waals surface area contributed by atoms with Gasteiger partial charge in [0.15, 0.2) is 15.8 Å². The number of nitrogens with one attached hydrogen (secondary N) is 2. The zero-order valence-corrected chi connectivity index (χ0v) is 16.9. The van der Waals surface area contributed by atoms with Crippen molar-refractivity contribution in [3.63, 3.8) is 0 Å². The van der Waals surface area contributed by atoms with Gasteiger partial charge in [-0.05, 0) is 34.1 Å². The maximum Gasteiger partial charge on any atom is 0.191 e. The Balaban J connectivity index is 0. The summed E-state index contributed by atoms with van der Waals surface area (Å²) in [6, 6.07) is 0. The fourth-order valence-corrected chi connectivity index (χ4v) is 2.33. The highest BCUT2D eigenvalue weighted by molar-refractivity contribution is 14.0. The van der Waals surface area contributed by atoms with E-state index in [1.807, 2.05) is 6.92 Å². The van der Waals surface area contributed by atoms with Crippen LogP contribution in [0.3, 0.4) is 0 Å². The number of halogens is 1. The molecule has 0 aromatic heterocycles. The minimum Gasteiger partial charge on any atom is -0.385 e. The quantitative estimate of drug-likeness (QED) is 0.261. The molecule has 0 aromatic rings. The molecule has 0 heterocycles. The molecule has 0 aliphatic carbocycles. The maximum absolute atomic E-state index is 12.0. The normalized spacial score (nSPS) is 12.7. The van der Waals surface area contributed by atoms with Crippen LogP contribution in [0.15, 0.2) is 4.99 Å². The summed E-state index contributed by atoms with van der Waals surface area (Å²) in [5.74, 6) is 0.742. The molecule has 128 valence electrons. The van der Waals surface area contributed by atoms with Gasteiger partial charge in [0, 0.05) is 33.4 Å². The van der Waals surface area contributed by atoms with E-state index in [9.17, 15) is 8.42 Å². The number of sulfone groups is 1. The summed E-state index contributed by atoms with van der Waals surface area (Å²) in [7, 11) is -1.45. The van der Waals surface area contributed by atoms with E-state index >= 15 is 0 Å². The Morgan fingerprint density at radius 2 is 1.86 bits per heavy atom. The van der Waals surface area contributed by atoms with Gasteiger partial charge in [0.05, 0.1) is 10.5 Å². The monoisotopic (exact) mass is 435 g/mol. The van der Waals surface area contributed by atoms with Gasteiger partial charge in [0.2, 0.25) is 0 Å². The molecular weight excluding hydrogens is 405 g/mol. The summed E-state index contributed by atoms with van der Waals surface area (Å²) in [5, 5.41) is 6.13. The number of hydrogen-bond donors (Lipinski definition) is 2. The van der Waals surface area contributed by atoms with E-state index in [0.717, 1.165) is 13.0 Å². The van der Waals surface area contributed by atoms with Gasteiger partial charge < -0.3 is 15.4 Å². The largest absolute Gasteiger partial charge is 0.385 e. The summed E-state index contributed by atoms with van der Waals surface area (Å²) < 4.78 is 28.2. The molecule has 0 amide bonds. The smallest absolute Gasteiger partial charge is 0.191 e. The predicted molar refractivity (Wildman–Crippen MR) is 99.4 cm³/mol. The molecule has 8 heteroatoms. The Morgan fingerprint density at radius 1 is 1.24 bits per heavy atom. The Bertz CT molecular complexity index is 392. The van der Waals surface area contributed by atoms with E-state index in [1.165, 1.54) is 0 Å². The molecule has 0 bridgehead atoms. The summed E-state index contributed by atoms with van der Waals surface area (Å²) in [6.45, 7) is 9.53. The van der Waals surface area contributed by atoms with Gasteiger partial charge in [-0.1, -0.05) is 0 Å². The molecule has 6 nitrogen and oxygen atoms in total. The molecule has 0 unspecified atom stereocenters. The average Bonchev–Trinajstić information content (AvgIpc) is 2.33. The number of rotatable bonds is 8. The number of aliphatic imine (C=N–C) groups is 1. The second-order valence-electron chi connectivity index (χ2n) is 5.47. The topological polar surface area (TPSA) is 79.8 Å². The lowest BCUT2D eigenvalue weighted by molar-refractivity contribution is 0.197. The van der Waals surface area contributed by atoms with Crippen molar-refractivity contribution in [2.75, 3.05) is 39.1 Å². The third-order valence-corrected chi connectivity index (χ3v) is 5.32. The number of nitrogens with zero attached hydrogens (tertiary/aromatic N) is 1. The Morgan fingerprint density at radius 3 is 2.33 bits per heavy atom. The van der Waals surface area contributed by atoms with Crippen molar-refractivity contribution in [1.82, 2.24) is 10.6 Å². The molecule has 21 heavy (non-hydrogen) atoms. The van der Waals surface area contributed by atoms with Crippen LogP contribution in [-0.4, -0.2) is 58.2 Å². The first kappa shape index (κ1) is 23.2. The fourth-order valence-electron chi connectivity index (χ4n) is 1.35. The van der Waals surface area contributed by atoms with Gasteiger partial charge in [-0.15, -0.1) is 24.0 Å². The summed E-state index contributed by atoms with van der Waals surface area (Å²) in [5.41, 5.74) is 0. The lowest BCUT2D eigenvalue weighted by atomic mass is 10.3. The van der Waals surface area contributed by atoms with Crippen LogP contribution in [0, 0.1) is 0 Å². The molecule has 2 N–H and O–H groups in total. The lowest BCUT2D eigenvalue weighted by Crippen LogP contribution is -2.41. The van der Waals surface area contributed by atoms with Crippen molar-refractivity contribution >= 4 is 39.8 Å². The molecule has 0 aromatic carbocycles. The highest BCUT2D eigenvalue weighted by Crippen LogP contribution is 2.15. The molecule has 0 aliphatic rings. The summed E-state index contributed by atoms with van der Waals surface area (Å²) in [6.07, 6.45) is 0.841. The summed E-state index contributed by atoms with van der Waals surface area (Å²) in [4.78, 5) is 4.35. The average molecular weight is 435 g/mol. The van der Waals surface area contributed by atoms with Gasteiger partial charge in [-0.25, -0.2) is 8.42 Å². The van der Waals surface area contributed by atoms with E-state index in [-0.39, 0.29) is 29.7 Å². The standard InChI is InChI=1S/C13H29N3O3S.HI/c1-6-14-12(15-8-7-10-19-5)16-9-11-20(17,18)13(2,3)4;/h6-11H2,1-5H3,(H2,14,15,16);1H. The molecule has 0 saturated heterocycles. The van der Waals surface area contributed by atoms with Crippen molar-refractivity contribution in [1.29, 1.82) is 0 Å². The number of methoxy groups -OCH3 is 1. The van der Waals surface area contributed by atoms with Crippen LogP contribution in [0.5, 0.6) is 0 Å². The highest BCUT2D eigenvalue weighted by Gasteiger charge is 2.28. The van der Waals surface area contributed by atoms with E-state index < -0.39 is 14.6 Å². The van der Waals surface area contributed by atoms with Gasteiger partial charge in [0.25, 0.3) is 0 Å². The van der Waals surface area contributed by atoms with Gasteiger partial charge in [-0.3, -0.25) is 4.99 Å². The number of hydrogen-bond acceptors (Lipinski definition) is 4. The second-order valence-corrected chi connectivity index (χ2v) is 8.33. The molecular formula is C13H30IN3O3S. The summed E-state index contributed by atoms with van der Waals surface area (Å²) >= 11 is 0. The number of guanidine groups is 1. The van der Waals surface area contributed by atoms with Gasteiger partial charge in [-0.2, -0.15) is 0 Å². The molecule has 0 fully saturated rings.